The fourth-order valence-electron chi connectivity index (χ4n) is 2.27. The zero-order valence-corrected chi connectivity index (χ0v) is 11.3. The lowest BCUT2D eigenvalue weighted by molar-refractivity contribution is -0.384. The molecule has 1 fully saturated rings. The molecule has 5 nitrogen and oxygen atoms in total. The van der Waals surface area contributed by atoms with Crippen molar-refractivity contribution in [2.45, 2.75) is 25.7 Å². The minimum atomic E-state index is -0.435. The number of rotatable bonds is 3. The summed E-state index contributed by atoms with van der Waals surface area (Å²) in [7, 11) is 0. The average molecular weight is 274 g/mol. The molecule has 1 aliphatic rings. The van der Waals surface area contributed by atoms with Crippen molar-refractivity contribution < 1.29 is 9.72 Å². The van der Waals surface area contributed by atoms with Crippen LogP contribution in [0.3, 0.4) is 0 Å². The number of non-ortho nitro benzene ring substituents is 1. The Balaban J connectivity index is 1.97. The van der Waals surface area contributed by atoms with Gasteiger partial charge in [-0.1, -0.05) is 12.8 Å². The van der Waals surface area contributed by atoms with Gasteiger partial charge in [-0.25, -0.2) is 0 Å². The van der Waals surface area contributed by atoms with Crippen LogP contribution >= 0.6 is 0 Å². The van der Waals surface area contributed by atoms with Gasteiger partial charge in [0.05, 0.1) is 4.92 Å². The number of hydrogen-bond acceptors (Lipinski definition) is 3. The molecule has 0 saturated carbocycles. The van der Waals surface area contributed by atoms with Crippen molar-refractivity contribution in [3.63, 3.8) is 0 Å². The fraction of sp³-hybridized carbons (Fsp3) is 0.400. The molecule has 1 aromatic carbocycles. The van der Waals surface area contributed by atoms with E-state index in [2.05, 4.69) is 0 Å². The van der Waals surface area contributed by atoms with Gasteiger partial charge in [0.15, 0.2) is 0 Å². The largest absolute Gasteiger partial charge is 0.339 e. The van der Waals surface area contributed by atoms with Crippen molar-refractivity contribution in [3.05, 3.63) is 46.0 Å². The van der Waals surface area contributed by atoms with Gasteiger partial charge in [0.25, 0.3) is 5.69 Å². The van der Waals surface area contributed by atoms with Gasteiger partial charge in [-0.15, -0.1) is 0 Å². The van der Waals surface area contributed by atoms with Gasteiger partial charge >= 0.3 is 0 Å². The summed E-state index contributed by atoms with van der Waals surface area (Å²) >= 11 is 0. The van der Waals surface area contributed by atoms with Crippen molar-refractivity contribution >= 4 is 17.7 Å². The summed E-state index contributed by atoms with van der Waals surface area (Å²) in [4.78, 5) is 24.0. The highest BCUT2D eigenvalue weighted by molar-refractivity contribution is 5.91. The maximum absolute atomic E-state index is 12.0. The lowest BCUT2D eigenvalue weighted by Gasteiger charge is -2.17. The van der Waals surface area contributed by atoms with E-state index >= 15 is 0 Å². The second-order valence-corrected chi connectivity index (χ2v) is 4.92. The number of hydrogen-bond donors (Lipinski definition) is 0. The van der Waals surface area contributed by atoms with Crippen molar-refractivity contribution in [3.8, 4) is 0 Å². The predicted octanol–water partition coefficient (Wildman–Crippen LogP) is 3.01. The molecular weight excluding hydrogens is 256 g/mol. The molecule has 1 heterocycles. The topological polar surface area (TPSA) is 63.4 Å². The van der Waals surface area contributed by atoms with Crippen LogP contribution in [0.15, 0.2) is 30.3 Å². The molecule has 1 aliphatic heterocycles. The fourth-order valence-corrected chi connectivity index (χ4v) is 2.27. The van der Waals surface area contributed by atoms with Crippen LogP contribution in [0, 0.1) is 10.1 Å². The summed E-state index contributed by atoms with van der Waals surface area (Å²) < 4.78 is 0. The maximum Gasteiger partial charge on any atom is 0.269 e. The van der Waals surface area contributed by atoms with Crippen LogP contribution in [-0.4, -0.2) is 28.8 Å². The molecular formula is C15H18N2O3. The van der Waals surface area contributed by atoms with Crippen molar-refractivity contribution in [1.29, 1.82) is 0 Å². The van der Waals surface area contributed by atoms with Crippen LogP contribution < -0.4 is 0 Å². The second-order valence-electron chi connectivity index (χ2n) is 4.92. The third kappa shape index (κ3) is 3.91. The van der Waals surface area contributed by atoms with Crippen LogP contribution in [0.4, 0.5) is 5.69 Å². The van der Waals surface area contributed by atoms with Crippen LogP contribution in [0.1, 0.15) is 31.2 Å². The Morgan fingerprint density at radius 3 is 2.25 bits per heavy atom. The lowest BCUT2D eigenvalue weighted by Crippen LogP contribution is -2.30. The Hall–Kier alpha value is -2.17. The molecule has 2 rings (SSSR count). The summed E-state index contributed by atoms with van der Waals surface area (Å²) in [6, 6.07) is 6.17. The van der Waals surface area contributed by atoms with Crippen molar-refractivity contribution in [2.24, 2.45) is 0 Å². The molecule has 0 atom stereocenters. The Morgan fingerprint density at radius 2 is 1.70 bits per heavy atom. The number of nitrogens with zero attached hydrogens (tertiary/aromatic N) is 2. The van der Waals surface area contributed by atoms with Gasteiger partial charge < -0.3 is 4.90 Å². The van der Waals surface area contributed by atoms with Gasteiger partial charge in [-0.3, -0.25) is 14.9 Å². The van der Waals surface area contributed by atoms with Crippen molar-refractivity contribution in [1.82, 2.24) is 4.90 Å². The van der Waals surface area contributed by atoms with Gasteiger partial charge in [0.1, 0.15) is 0 Å². The Bertz CT molecular complexity index is 500. The standard InChI is InChI=1S/C15H18N2O3/c18-15(16-11-3-1-2-4-12-16)10-7-13-5-8-14(9-6-13)17(19)20/h5-10H,1-4,11-12H2/b10-7+. The van der Waals surface area contributed by atoms with E-state index in [1.165, 1.54) is 25.0 Å². The van der Waals surface area contributed by atoms with Gasteiger partial charge in [0.2, 0.25) is 5.91 Å². The van der Waals surface area contributed by atoms with E-state index in [9.17, 15) is 14.9 Å². The molecule has 1 amide bonds. The third-order valence-electron chi connectivity index (χ3n) is 3.44. The van der Waals surface area contributed by atoms with E-state index in [1.54, 1.807) is 24.3 Å². The quantitative estimate of drug-likeness (QED) is 0.483. The zero-order valence-electron chi connectivity index (χ0n) is 11.3. The Labute approximate surface area is 118 Å². The van der Waals surface area contributed by atoms with Gasteiger partial charge in [-0.2, -0.15) is 0 Å². The minimum Gasteiger partial charge on any atom is -0.339 e. The summed E-state index contributed by atoms with van der Waals surface area (Å²) in [5, 5.41) is 10.5. The highest BCUT2D eigenvalue weighted by Crippen LogP contribution is 2.14. The van der Waals surface area contributed by atoms with E-state index in [0.717, 1.165) is 31.5 Å². The minimum absolute atomic E-state index is 0.0188. The molecule has 0 radical (unpaired) electrons. The summed E-state index contributed by atoms with van der Waals surface area (Å²) in [5.41, 5.74) is 0.847. The number of nitro groups is 1. The van der Waals surface area contributed by atoms with E-state index in [1.807, 2.05) is 4.90 Å². The first-order valence-corrected chi connectivity index (χ1v) is 6.88. The third-order valence-corrected chi connectivity index (χ3v) is 3.44. The molecule has 1 saturated heterocycles. The van der Waals surface area contributed by atoms with Crippen LogP contribution in [0.5, 0.6) is 0 Å². The zero-order chi connectivity index (χ0) is 14.4. The number of amides is 1. The highest BCUT2D eigenvalue weighted by atomic mass is 16.6. The van der Waals surface area contributed by atoms with Crippen LogP contribution in [0.2, 0.25) is 0 Å². The highest BCUT2D eigenvalue weighted by Gasteiger charge is 2.12. The summed E-state index contributed by atoms with van der Waals surface area (Å²) in [6.45, 7) is 1.65. The predicted molar refractivity (Wildman–Crippen MR) is 77.2 cm³/mol. The number of carbonyl (C=O) groups is 1. The van der Waals surface area contributed by atoms with E-state index in [-0.39, 0.29) is 11.6 Å². The smallest absolute Gasteiger partial charge is 0.269 e. The Morgan fingerprint density at radius 1 is 1.10 bits per heavy atom. The first-order valence-electron chi connectivity index (χ1n) is 6.88. The SMILES string of the molecule is O=C(/C=C/c1ccc([N+](=O)[O-])cc1)N1CCCCCC1. The molecule has 5 heteroatoms. The van der Waals surface area contributed by atoms with E-state index < -0.39 is 4.92 Å². The summed E-state index contributed by atoms with van der Waals surface area (Å²) in [6.07, 6.45) is 7.77. The molecule has 0 N–H and O–H groups in total. The normalized spacial score (nSPS) is 16.1. The molecule has 1 aromatic rings. The monoisotopic (exact) mass is 274 g/mol. The van der Waals surface area contributed by atoms with Crippen LogP contribution in [-0.2, 0) is 4.79 Å². The molecule has 0 spiro atoms. The van der Waals surface area contributed by atoms with Gasteiger partial charge in [0, 0.05) is 31.3 Å². The van der Waals surface area contributed by atoms with Gasteiger partial charge in [-0.05, 0) is 36.6 Å². The van der Waals surface area contributed by atoms with E-state index in [0.29, 0.717) is 0 Å². The lowest BCUT2D eigenvalue weighted by atomic mass is 10.2. The second kappa shape index (κ2) is 6.84. The molecule has 0 bridgehead atoms. The van der Waals surface area contributed by atoms with E-state index in [4.69, 9.17) is 0 Å². The van der Waals surface area contributed by atoms with Crippen LogP contribution in [0.25, 0.3) is 6.08 Å². The first kappa shape index (κ1) is 14.2. The maximum atomic E-state index is 12.0. The number of nitro benzene ring substituents is 1. The molecule has 20 heavy (non-hydrogen) atoms. The number of carbonyl (C=O) groups excluding carboxylic acids is 1. The average Bonchev–Trinajstić information content (AvgIpc) is 2.74. The molecule has 0 aliphatic carbocycles. The molecule has 0 unspecified atom stereocenters. The Kier molecular flexibility index (Phi) is 4.87. The molecule has 0 aromatic heterocycles. The number of likely N-dealkylation sites (tertiary alicyclic amines) is 1. The van der Waals surface area contributed by atoms with Crippen molar-refractivity contribution in [2.75, 3.05) is 13.1 Å². The first-order chi connectivity index (χ1) is 9.66. The molecule has 106 valence electrons. The number of benzene rings is 1. The summed E-state index contributed by atoms with van der Waals surface area (Å²) in [5.74, 6) is 0.0188.